The number of benzene rings is 1. The maximum absolute atomic E-state index is 13.2. The molecule has 5 nitrogen and oxygen atoms in total. The highest BCUT2D eigenvalue weighted by molar-refractivity contribution is 7.80. The van der Waals surface area contributed by atoms with E-state index in [-0.39, 0.29) is 5.56 Å². The lowest BCUT2D eigenvalue weighted by atomic mass is 10.1. The summed E-state index contributed by atoms with van der Waals surface area (Å²) in [6.45, 7) is 8.15. The van der Waals surface area contributed by atoms with Crippen LogP contribution in [0.25, 0.3) is 5.70 Å². The van der Waals surface area contributed by atoms with Crippen molar-refractivity contribution < 1.29 is 17.6 Å². The zero-order chi connectivity index (χ0) is 24.8. The van der Waals surface area contributed by atoms with Crippen LogP contribution in [0.5, 0.6) is 0 Å². The average molecular weight is 499 g/mol. The molecule has 33 heavy (non-hydrogen) atoms. The number of H-pyrrole nitrogens is 1. The Bertz CT molecular complexity index is 1200. The number of alkyl halides is 2. The Kier molecular flexibility index (Phi) is 8.89. The van der Waals surface area contributed by atoms with Gasteiger partial charge in [-0.15, -0.1) is 11.3 Å². The van der Waals surface area contributed by atoms with Crippen LogP contribution in [0.2, 0.25) is 0 Å². The zero-order valence-corrected chi connectivity index (χ0v) is 19.7. The molecule has 2 heterocycles. The number of aryl methyl sites for hydroxylation is 1. The molecule has 0 aliphatic rings. The standard InChI is InChI=1S/C12H11FN4OS2.C10H11F3/c1-6(10-11(15-5-20-10)17-7(2)19)16-8-3-9(13)12(18)14-4-8;1-3-7-4-5-8(6-9(7)11)10(2,12)13/h3-5,16H,1H2,2H3,(H,14,18)(H,17,19);4-6H,3H2,1-2H3. The monoisotopic (exact) mass is 498 g/mol. The van der Waals surface area contributed by atoms with Gasteiger partial charge in [0, 0.05) is 24.8 Å². The molecule has 0 unspecified atom stereocenters. The third kappa shape index (κ3) is 7.50. The minimum Gasteiger partial charge on any atom is -0.353 e. The summed E-state index contributed by atoms with van der Waals surface area (Å²) < 4.78 is 51.6. The molecule has 0 fully saturated rings. The molecule has 0 spiro atoms. The second kappa shape index (κ2) is 11.2. The molecule has 0 atom stereocenters. The van der Waals surface area contributed by atoms with E-state index in [0.717, 1.165) is 23.9 Å². The van der Waals surface area contributed by atoms with Crippen LogP contribution < -0.4 is 16.2 Å². The van der Waals surface area contributed by atoms with Crippen LogP contribution in [0.4, 0.5) is 29.1 Å². The smallest absolute Gasteiger partial charge is 0.284 e. The van der Waals surface area contributed by atoms with E-state index in [1.807, 2.05) is 0 Å². The van der Waals surface area contributed by atoms with Gasteiger partial charge in [-0.2, -0.15) is 0 Å². The predicted molar refractivity (Wildman–Crippen MR) is 129 cm³/mol. The Balaban J connectivity index is 0.000000257. The van der Waals surface area contributed by atoms with E-state index < -0.39 is 23.1 Å². The van der Waals surface area contributed by atoms with Crippen LogP contribution in [0.1, 0.15) is 36.8 Å². The van der Waals surface area contributed by atoms with E-state index in [9.17, 15) is 22.4 Å². The summed E-state index contributed by atoms with van der Waals surface area (Å²) in [5, 5.41) is 5.85. The number of rotatable bonds is 6. The quantitative estimate of drug-likeness (QED) is 0.274. The summed E-state index contributed by atoms with van der Waals surface area (Å²) in [5.74, 6) is -3.79. The summed E-state index contributed by atoms with van der Waals surface area (Å²) in [5.41, 5.74) is 1.99. The highest BCUT2D eigenvalue weighted by atomic mass is 32.1. The number of nitrogens with zero attached hydrogens (tertiary/aromatic N) is 1. The van der Waals surface area contributed by atoms with Crippen molar-refractivity contribution in [2.24, 2.45) is 0 Å². The highest BCUT2D eigenvalue weighted by Gasteiger charge is 2.24. The molecular formula is C22H22F4N4OS2. The topological polar surface area (TPSA) is 69.8 Å². The Morgan fingerprint density at radius 3 is 2.48 bits per heavy atom. The normalized spacial score (nSPS) is 10.8. The van der Waals surface area contributed by atoms with Crippen molar-refractivity contribution in [3.63, 3.8) is 0 Å². The van der Waals surface area contributed by atoms with Crippen molar-refractivity contribution in [3.8, 4) is 0 Å². The summed E-state index contributed by atoms with van der Waals surface area (Å²) in [7, 11) is 0. The van der Waals surface area contributed by atoms with Crippen molar-refractivity contribution in [2.45, 2.75) is 33.1 Å². The number of thiazole rings is 1. The fraction of sp³-hybridized carbons (Fsp3) is 0.227. The molecule has 0 saturated carbocycles. The Labute approximate surface area is 197 Å². The molecule has 0 radical (unpaired) electrons. The van der Waals surface area contributed by atoms with Crippen molar-refractivity contribution in [2.75, 3.05) is 10.6 Å². The number of hydrogen-bond donors (Lipinski definition) is 3. The van der Waals surface area contributed by atoms with Crippen LogP contribution in [-0.4, -0.2) is 15.0 Å². The molecule has 0 bridgehead atoms. The third-order valence-electron chi connectivity index (χ3n) is 4.23. The second-order valence-corrected chi connectivity index (χ2v) is 8.40. The van der Waals surface area contributed by atoms with Gasteiger partial charge in [0.2, 0.25) is 0 Å². The Morgan fingerprint density at radius 1 is 1.24 bits per heavy atom. The molecule has 0 aliphatic heterocycles. The number of aromatic amines is 1. The second-order valence-electron chi connectivity index (χ2n) is 6.93. The molecule has 0 amide bonds. The fourth-order valence-electron chi connectivity index (χ4n) is 2.58. The van der Waals surface area contributed by atoms with E-state index in [1.165, 1.54) is 29.7 Å². The third-order valence-corrected chi connectivity index (χ3v) is 5.22. The summed E-state index contributed by atoms with van der Waals surface area (Å²) >= 11 is 6.33. The van der Waals surface area contributed by atoms with E-state index >= 15 is 0 Å². The van der Waals surface area contributed by atoms with Gasteiger partial charge < -0.3 is 15.6 Å². The molecule has 3 aromatic rings. The minimum atomic E-state index is -2.97. The largest absolute Gasteiger partial charge is 0.353 e. The van der Waals surface area contributed by atoms with Crippen molar-refractivity contribution in [3.05, 3.63) is 80.5 Å². The van der Waals surface area contributed by atoms with Gasteiger partial charge >= 0.3 is 0 Å². The molecular weight excluding hydrogens is 476 g/mol. The average Bonchev–Trinajstić information content (AvgIpc) is 3.18. The van der Waals surface area contributed by atoms with Crippen LogP contribution in [0.15, 0.2) is 47.3 Å². The Morgan fingerprint density at radius 2 is 1.94 bits per heavy atom. The highest BCUT2D eigenvalue weighted by Crippen LogP contribution is 2.28. The van der Waals surface area contributed by atoms with Gasteiger partial charge in [0.05, 0.1) is 26.8 Å². The van der Waals surface area contributed by atoms with Crippen LogP contribution >= 0.6 is 23.6 Å². The van der Waals surface area contributed by atoms with E-state index in [2.05, 4.69) is 27.2 Å². The van der Waals surface area contributed by atoms with Crippen LogP contribution in [-0.2, 0) is 12.3 Å². The number of thiocarbonyl (C=S) groups is 1. The van der Waals surface area contributed by atoms with Gasteiger partial charge in [-0.3, -0.25) is 4.79 Å². The molecule has 0 aliphatic carbocycles. The molecule has 0 saturated heterocycles. The lowest BCUT2D eigenvalue weighted by Crippen LogP contribution is -2.11. The number of anilines is 2. The molecule has 3 rings (SSSR count). The zero-order valence-electron chi connectivity index (χ0n) is 18.1. The first-order valence-corrected chi connectivity index (χ1v) is 10.9. The van der Waals surface area contributed by atoms with Crippen molar-refractivity contribution >= 4 is 45.7 Å². The number of nitrogens with one attached hydrogen (secondary N) is 3. The van der Waals surface area contributed by atoms with Crippen LogP contribution in [0.3, 0.4) is 0 Å². The van der Waals surface area contributed by atoms with Gasteiger partial charge in [0.15, 0.2) is 11.6 Å². The first-order valence-electron chi connectivity index (χ1n) is 9.64. The molecule has 2 aromatic heterocycles. The maximum atomic E-state index is 13.2. The fourth-order valence-corrected chi connectivity index (χ4v) is 3.35. The van der Waals surface area contributed by atoms with E-state index in [1.54, 1.807) is 19.4 Å². The van der Waals surface area contributed by atoms with Crippen molar-refractivity contribution in [1.82, 2.24) is 9.97 Å². The summed E-state index contributed by atoms with van der Waals surface area (Å²) in [6.07, 6.45) is 1.89. The first kappa shape index (κ1) is 26.2. The SMILES string of the molecule is C=C(Nc1c[nH]c(=O)c(F)c1)c1scnc1NC(C)=S.CCc1ccc(C(C)(F)F)cc1F. The van der Waals surface area contributed by atoms with Gasteiger partial charge in [-0.25, -0.2) is 22.5 Å². The number of pyridine rings is 1. The lowest BCUT2D eigenvalue weighted by molar-refractivity contribution is 0.0171. The Hall–Kier alpha value is -3.05. The minimum absolute atomic E-state index is 0.276. The summed E-state index contributed by atoms with van der Waals surface area (Å²) in [4.78, 5) is 18.7. The number of halogens is 4. The maximum Gasteiger partial charge on any atom is 0.284 e. The first-order chi connectivity index (χ1) is 15.4. The van der Waals surface area contributed by atoms with E-state index in [4.69, 9.17) is 12.2 Å². The van der Waals surface area contributed by atoms with Gasteiger partial charge in [0.25, 0.3) is 11.5 Å². The summed E-state index contributed by atoms with van der Waals surface area (Å²) in [6, 6.07) is 4.67. The molecule has 176 valence electrons. The number of hydrogen-bond acceptors (Lipinski definition) is 5. The molecule has 11 heteroatoms. The number of aromatic nitrogens is 2. The lowest BCUT2D eigenvalue weighted by Gasteiger charge is -2.11. The van der Waals surface area contributed by atoms with Gasteiger partial charge in [0.1, 0.15) is 5.82 Å². The van der Waals surface area contributed by atoms with Gasteiger partial charge in [-0.1, -0.05) is 37.9 Å². The predicted octanol–water partition coefficient (Wildman–Crippen LogP) is 6.31. The van der Waals surface area contributed by atoms with Crippen molar-refractivity contribution in [1.29, 1.82) is 0 Å². The molecule has 3 N–H and O–H groups in total. The van der Waals surface area contributed by atoms with Gasteiger partial charge in [-0.05, 0) is 25.0 Å². The molecule has 1 aromatic carbocycles. The van der Waals surface area contributed by atoms with Crippen LogP contribution in [0, 0.1) is 11.6 Å². The van der Waals surface area contributed by atoms with E-state index in [0.29, 0.717) is 34.2 Å².